The molecule has 0 spiro atoms. The van der Waals surface area contributed by atoms with Crippen molar-refractivity contribution in [1.29, 1.82) is 0 Å². The van der Waals surface area contributed by atoms with Crippen LogP contribution in [0.4, 0.5) is 5.82 Å². The third-order valence-electron chi connectivity index (χ3n) is 3.80. The highest BCUT2D eigenvalue weighted by Gasteiger charge is 2.32. The van der Waals surface area contributed by atoms with Gasteiger partial charge in [-0.2, -0.15) is 0 Å². The van der Waals surface area contributed by atoms with E-state index in [2.05, 4.69) is 35.8 Å². The summed E-state index contributed by atoms with van der Waals surface area (Å²) in [6, 6.07) is 4.39. The normalized spacial score (nSPS) is 25.8. The average molecular weight is 249 g/mol. The summed E-state index contributed by atoms with van der Waals surface area (Å²) in [6.07, 6.45) is 1.33. The van der Waals surface area contributed by atoms with Crippen LogP contribution in [0.25, 0.3) is 0 Å². The fourth-order valence-electron chi connectivity index (χ4n) is 2.79. The standard InChI is InChI=1S/C14H23N3O/c1-10-8-17(9-13(10)16(3)4)14-12(11(2)18)6-5-7-15-14/h5-7,10-11,13,18H,8-9H2,1-4H3. The molecule has 1 aliphatic rings. The van der Waals surface area contributed by atoms with E-state index in [1.54, 1.807) is 13.1 Å². The highest BCUT2D eigenvalue weighted by Crippen LogP contribution is 2.29. The van der Waals surface area contributed by atoms with Crippen LogP contribution in [0, 0.1) is 5.92 Å². The second-order valence-corrected chi connectivity index (χ2v) is 5.51. The largest absolute Gasteiger partial charge is 0.389 e. The first kappa shape index (κ1) is 13.3. The molecule has 1 N–H and O–H groups in total. The Balaban J connectivity index is 2.24. The van der Waals surface area contributed by atoms with E-state index in [0.717, 1.165) is 24.5 Å². The molecular formula is C14H23N3O. The lowest BCUT2D eigenvalue weighted by molar-refractivity contribution is 0.199. The van der Waals surface area contributed by atoms with Crippen molar-refractivity contribution in [3.8, 4) is 0 Å². The van der Waals surface area contributed by atoms with E-state index in [0.29, 0.717) is 12.0 Å². The van der Waals surface area contributed by atoms with Crippen LogP contribution in [0.3, 0.4) is 0 Å². The Labute approximate surface area is 109 Å². The zero-order chi connectivity index (χ0) is 13.3. The van der Waals surface area contributed by atoms with Gasteiger partial charge in [-0.15, -0.1) is 0 Å². The summed E-state index contributed by atoms with van der Waals surface area (Å²) >= 11 is 0. The molecule has 4 heteroatoms. The number of aliphatic hydroxyl groups excluding tert-OH is 1. The van der Waals surface area contributed by atoms with Gasteiger partial charge in [0.2, 0.25) is 0 Å². The average Bonchev–Trinajstić information content (AvgIpc) is 2.71. The Morgan fingerprint density at radius 1 is 1.44 bits per heavy atom. The summed E-state index contributed by atoms with van der Waals surface area (Å²) in [6.45, 7) is 6.05. The predicted molar refractivity (Wildman–Crippen MR) is 73.7 cm³/mol. The first-order valence-corrected chi connectivity index (χ1v) is 6.55. The van der Waals surface area contributed by atoms with Crippen molar-refractivity contribution in [2.75, 3.05) is 32.1 Å². The van der Waals surface area contributed by atoms with Crippen LogP contribution in [0.1, 0.15) is 25.5 Å². The highest BCUT2D eigenvalue weighted by atomic mass is 16.3. The molecule has 1 saturated heterocycles. The van der Waals surface area contributed by atoms with E-state index in [1.807, 2.05) is 12.1 Å². The zero-order valence-electron chi connectivity index (χ0n) is 11.7. The van der Waals surface area contributed by atoms with Crippen LogP contribution < -0.4 is 4.90 Å². The van der Waals surface area contributed by atoms with Crippen LogP contribution in [0.2, 0.25) is 0 Å². The van der Waals surface area contributed by atoms with E-state index in [-0.39, 0.29) is 0 Å². The predicted octanol–water partition coefficient (Wildman–Crippen LogP) is 1.52. The fraction of sp³-hybridized carbons (Fsp3) is 0.643. The minimum Gasteiger partial charge on any atom is -0.389 e. The lowest BCUT2D eigenvalue weighted by Gasteiger charge is -2.24. The molecule has 0 radical (unpaired) electrons. The molecular weight excluding hydrogens is 226 g/mol. The molecule has 1 aromatic rings. The molecule has 2 heterocycles. The molecule has 0 amide bonds. The molecule has 0 bridgehead atoms. The summed E-state index contributed by atoms with van der Waals surface area (Å²) < 4.78 is 0. The number of rotatable bonds is 3. The maximum absolute atomic E-state index is 9.83. The van der Waals surface area contributed by atoms with Crippen molar-refractivity contribution in [2.45, 2.75) is 26.0 Å². The molecule has 0 aliphatic carbocycles. The summed E-state index contributed by atoms with van der Waals surface area (Å²) in [5.74, 6) is 1.55. The Kier molecular flexibility index (Phi) is 3.88. The van der Waals surface area contributed by atoms with Gasteiger partial charge in [0, 0.05) is 30.9 Å². The van der Waals surface area contributed by atoms with Crippen molar-refractivity contribution in [1.82, 2.24) is 9.88 Å². The summed E-state index contributed by atoms with van der Waals surface area (Å²) in [5, 5.41) is 9.83. The van der Waals surface area contributed by atoms with Crippen molar-refractivity contribution in [3.63, 3.8) is 0 Å². The second-order valence-electron chi connectivity index (χ2n) is 5.51. The zero-order valence-corrected chi connectivity index (χ0v) is 11.7. The number of aliphatic hydroxyl groups is 1. The molecule has 4 nitrogen and oxygen atoms in total. The third-order valence-corrected chi connectivity index (χ3v) is 3.80. The number of anilines is 1. The number of aromatic nitrogens is 1. The van der Waals surface area contributed by atoms with Gasteiger partial charge in [-0.3, -0.25) is 0 Å². The summed E-state index contributed by atoms with van der Waals surface area (Å²) in [5.41, 5.74) is 0.920. The number of hydrogen-bond acceptors (Lipinski definition) is 4. The molecule has 18 heavy (non-hydrogen) atoms. The van der Waals surface area contributed by atoms with E-state index < -0.39 is 6.10 Å². The third kappa shape index (κ3) is 2.49. The van der Waals surface area contributed by atoms with Crippen molar-refractivity contribution >= 4 is 5.82 Å². The minimum absolute atomic E-state index is 0.470. The lowest BCUT2D eigenvalue weighted by Crippen LogP contribution is -2.34. The molecule has 2 rings (SSSR count). The van der Waals surface area contributed by atoms with Gasteiger partial charge < -0.3 is 14.9 Å². The van der Waals surface area contributed by atoms with Crippen molar-refractivity contribution < 1.29 is 5.11 Å². The van der Waals surface area contributed by atoms with Gasteiger partial charge in [-0.25, -0.2) is 4.98 Å². The summed E-state index contributed by atoms with van der Waals surface area (Å²) in [4.78, 5) is 9.02. The molecule has 1 aliphatic heterocycles. The van der Waals surface area contributed by atoms with Gasteiger partial charge in [0.05, 0.1) is 6.10 Å². The van der Waals surface area contributed by atoms with Gasteiger partial charge in [-0.1, -0.05) is 13.0 Å². The smallest absolute Gasteiger partial charge is 0.134 e. The monoisotopic (exact) mass is 249 g/mol. The van der Waals surface area contributed by atoms with Gasteiger partial charge in [-0.05, 0) is 33.0 Å². The number of hydrogen-bond donors (Lipinski definition) is 1. The number of likely N-dealkylation sites (N-methyl/N-ethyl adjacent to an activating group) is 1. The molecule has 3 atom stereocenters. The lowest BCUT2D eigenvalue weighted by atomic mass is 10.1. The molecule has 100 valence electrons. The first-order valence-electron chi connectivity index (χ1n) is 6.55. The second kappa shape index (κ2) is 5.24. The molecule has 0 saturated carbocycles. The van der Waals surface area contributed by atoms with Crippen molar-refractivity contribution in [2.24, 2.45) is 5.92 Å². The molecule has 1 aromatic heterocycles. The van der Waals surface area contributed by atoms with E-state index in [1.165, 1.54) is 0 Å². The van der Waals surface area contributed by atoms with E-state index in [4.69, 9.17) is 0 Å². The van der Waals surface area contributed by atoms with Gasteiger partial charge >= 0.3 is 0 Å². The topological polar surface area (TPSA) is 39.6 Å². The van der Waals surface area contributed by atoms with Crippen LogP contribution in [0.5, 0.6) is 0 Å². The summed E-state index contributed by atoms with van der Waals surface area (Å²) in [7, 11) is 4.25. The Morgan fingerprint density at radius 2 is 2.17 bits per heavy atom. The molecule has 1 fully saturated rings. The van der Waals surface area contributed by atoms with Crippen LogP contribution in [-0.2, 0) is 0 Å². The molecule has 3 unspecified atom stereocenters. The SMILES string of the molecule is CC(O)c1cccnc1N1CC(C)C(N(C)C)C1. The van der Waals surface area contributed by atoms with Gasteiger partial charge in [0.15, 0.2) is 0 Å². The van der Waals surface area contributed by atoms with Gasteiger partial charge in [0.25, 0.3) is 0 Å². The fourth-order valence-corrected chi connectivity index (χ4v) is 2.79. The van der Waals surface area contributed by atoms with Crippen LogP contribution in [0.15, 0.2) is 18.3 Å². The quantitative estimate of drug-likeness (QED) is 0.881. The van der Waals surface area contributed by atoms with Crippen LogP contribution in [-0.4, -0.2) is 48.2 Å². The maximum Gasteiger partial charge on any atom is 0.134 e. The Bertz CT molecular complexity index is 406. The Hall–Kier alpha value is -1.13. The maximum atomic E-state index is 9.83. The first-order chi connectivity index (χ1) is 8.50. The van der Waals surface area contributed by atoms with Crippen LogP contribution >= 0.6 is 0 Å². The number of nitrogens with zero attached hydrogens (tertiary/aromatic N) is 3. The van der Waals surface area contributed by atoms with E-state index in [9.17, 15) is 5.11 Å². The highest BCUT2D eigenvalue weighted by molar-refractivity contribution is 5.49. The van der Waals surface area contributed by atoms with Gasteiger partial charge in [0.1, 0.15) is 5.82 Å². The Morgan fingerprint density at radius 3 is 2.72 bits per heavy atom. The minimum atomic E-state index is -0.470. The van der Waals surface area contributed by atoms with E-state index >= 15 is 0 Å². The molecule has 0 aromatic carbocycles. The number of pyridine rings is 1. The van der Waals surface area contributed by atoms with Crippen molar-refractivity contribution in [3.05, 3.63) is 23.9 Å².